The van der Waals surface area contributed by atoms with Crippen LogP contribution in [0.4, 0.5) is 0 Å². The first-order valence-electron chi connectivity index (χ1n) is 7.83. The summed E-state index contributed by atoms with van der Waals surface area (Å²) in [6, 6.07) is 10.2. The number of hydrogen-bond acceptors (Lipinski definition) is 3. The molecule has 0 radical (unpaired) electrons. The predicted molar refractivity (Wildman–Crippen MR) is 91.3 cm³/mol. The third-order valence-electron chi connectivity index (χ3n) is 3.82. The van der Waals surface area contributed by atoms with E-state index in [9.17, 15) is 4.79 Å². The van der Waals surface area contributed by atoms with Gasteiger partial charge < -0.3 is 15.4 Å². The van der Waals surface area contributed by atoms with Gasteiger partial charge in [-0.1, -0.05) is 44.2 Å². The molecule has 1 fully saturated rings. The van der Waals surface area contributed by atoms with E-state index in [0.29, 0.717) is 12.5 Å². The number of nitrogens with one attached hydrogen (secondary N) is 2. The SMILES string of the molecule is CC(C)C(NC(=O)CNCC1CCCO1)c1ccccc1.Cl. The van der Waals surface area contributed by atoms with Gasteiger partial charge in [0.1, 0.15) is 0 Å². The van der Waals surface area contributed by atoms with Crippen molar-refractivity contribution < 1.29 is 9.53 Å². The lowest BCUT2D eigenvalue weighted by atomic mass is 9.96. The van der Waals surface area contributed by atoms with Crippen LogP contribution in [0.15, 0.2) is 30.3 Å². The second kappa shape index (κ2) is 9.82. The number of ether oxygens (including phenoxy) is 1. The first kappa shape index (κ1) is 18.9. The van der Waals surface area contributed by atoms with Gasteiger partial charge in [0.25, 0.3) is 0 Å². The molecule has 2 unspecified atom stereocenters. The number of carbonyl (C=O) groups is 1. The van der Waals surface area contributed by atoms with Crippen molar-refractivity contribution in [3.63, 3.8) is 0 Å². The molecule has 1 amide bonds. The fraction of sp³-hybridized carbons (Fsp3) is 0.588. The summed E-state index contributed by atoms with van der Waals surface area (Å²) in [6.07, 6.45) is 2.49. The molecule has 0 saturated carbocycles. The maximum Gasteiger partial charge on any atom is 0.234 e. The number of halogens is 1. The molecule has 2 atom stereocenters. The molecule has 1 heterocycles. The topological polar surface area (TPSA) is 50.4 Å². The zero-order valence-corrected chi connectivity index (χ0v) is 14.2. The monoisotopic (exact) mass is 326 g/mol. The molecule has 0 spiro atoms. The van der Waals surface area contributed by atoms with Crippen LogP contribution in [0, 0.1) is 5.92 Å². The average Bonchev–Trinajstić information content (AvgIpc) is 2.98. The Balaban J connectivity index is 0.00000242. The highest BCUT2D eigenvalue weighted by Crippen LogP contribution is 2.20. The summed E-state index contributed by atoms with van der Waals surface area (Å²) >= 11 is 0. The number of carbonyl (C=O) groups excluding carboxylic acids is 1. The van der Waals surface area contributed by atoms with Crippen molar-refractivity contribution in [2.24, 2.45) is 5.92 Å². The minimum atomic E-state index is 0. The Morgan fingerprint density at radius 1 is 1.32 bits per heavy atom. The average molecular weight is 327 g/mol. The molecule has 1 aromatic rings. The first-order chi connectivity index (χ1) is 10.2. The third kappa shape index (κ3) is 5.95. The highest BCUT2D eigenvalue weighted by atomic mass is 35.5. The van der Waals surface area contributed by atoms with Crippen molar-refractivity contribution in [3.8, 4) is 0 Å². The maximum atomic E-state index is 12.1. The Labute approximate surface area is 139 Å². The minimum Gasteiger partial charge on any atom is -0.377 e. The molecule has 0 bridgehead atoms. The van der Waals surface area contributed by atoms with E-state index in [1.165, 1.54) is 0 Å². The summed E-state index contributed by atoms with van der Waals surface area (Å²) in [5.74, 6) is 0.394. The van der Waals surface area contributed by atoms with Gasteiger partial charge in [0.2, 0.25) is 5.91 Å². The Hall–Kier alpha value is -1.10. The Morgan fingerprint density at radius 2 is 2.05 bits per heavy atom. The number of rotatable bonds is 7. The van der Waals surface area contributed by atoms with Crippen molar-refractivity contribution in [2.45, 2.75) is 38.8 Å². The molecule has 1 aliphatic rings. The lowest BCUT2D eigenvalue weighted by Crippen LogP contribution is -2.40. The minimum absolute atomic E-state index is 0. The zero-order chi connectivity index (χ0) is 15.1. The second-order valence-electron chi connectivity index (χ2n) is 5.97. The van der Waals surface area contributed by atoms with Crippen LogP contribution in [0.2, 0.25) is 0 Å². The van der Waals surface area contributed by atoms with Crippen LogP contribution in [0.5, 0.6) is 0 Å². The summed E-state index contributed by atoms with van der Waals surface area (Å²) in [5, 5.41) is 6.30. The quantitative estimate of drug-likeness (QED) is 0.810. The molecule has 1 saturated heterocycles. The fourth-order valence-corrected chi connectivity index (χ4v) is 2.67. The van der Waals surface area contributed by atoms with Gasteiger partial charge in [-0.05, 0) is 24.3 Å². The molecule has 2 rings (SSSR count). The lowest BCUT2D eigenvalue weighted by Gasteiger charge is -2.23. The van der Waals surface area contributed by atoms with Gasteiger partial charge in [-0.25, -0.2) is 0 Å². The summed E-state index contributed by atoms with van der Waals surface area (Å²) in [4.78, 5) is 12.1. The van der Waals surface area contributed by atoms with Gasteiger partial charge in [-0.2, -0.15) is 0 Å². The van der Waals surface area contributed by atoms with Gasteiger partial charge in [-0.15, -0.1) is 12.4 Å². The molecule has 124 valence electrons. The Kier molecular flexibility index (Phi) is 8.46. The van der Waals surface area contributed by atoms with E-state index in [-0.39, 0.29) is 30.5 Å². The van der Waals surface area contributed by atoms with Gasteiger partial charge in [-0.3, -0.25) is 4.79 Å². The van der Waals surface area contributed by atoms with Crippen molar-refractivity contribution in [2.75, 3.05) is 19.7 Å². The number of hydrogen-bond donors (Lipinski definition) is 2. The summed E-state index contributed by atoms with van der Waals surface area (Å²) in [5.41, 5.74) is 1.15. The van der Waals surface area contributed by atoms with Crippen molar-refractivity contribution in [1.82, 2.24) is 10.6 Å². The largest absolute Gasteiger partial charge is 0.377 e. The van der Waals surface area contributed by atoms with Gasteiger partial charge in [0.15, 0.2) is 0 Å². The standard InChI is InChI=1S/C17H26N2O2.ClH/c1-13(2)17(14-7-4-3-5-8-14)19-16(20)12-18-11-15-9-6-10-21-15;/h3-5,7-8,13,15,17-18H,6,9-12H2,1-2H3,(H,19,20);1H. The van der Waals surface area contributed by atoms with Gasteiger partial charge >= 0.3 is 0 Å². The van der Waals surface area contributed by atoms with Crippen LogP contribution < -0.4 is 10.6 Å². The van der Waals surface area contributed by atoms with Crippen molar-refractivity contribution in [1.29, 1.82) is 0 Å². The van der Waals surface area contributed by atoms with Gasteiger partial charge in [0.05, 0.1) is 18.7 Å². The van der Waals surface area contributed by atoms with Crippen LogP contribution in [-0.2, 0) is 9.53 Å². The third-order valence-corrected chi connectivity index (χ3v) is 3.82. The molecule has 1 aliphatic heterocycles. The zero-order valence-electron chi connectivity index (χ0n) is 13.4. The van der Waals surface area contributed by atoms with Crippen molar-refractivity contribution in [3.05, 3.63) is 35.9 Å². The summed E-state index contributed by atoms with van der Waals surface area (Å²) in [6.45, 7) is 6.19. The Bertz CT molecular complexity index is 434. The fourth-order valence-electron chi connectivity index (χ4n) is 2.67. The van der Waals surface area contributed by atoms with E-state index in [1.54, 1.807) is 0 Å². The van der Waals surface area contributed by atoms with Gasteiger partial charge in [0, 0.05) is 13.2 Å². The molecular formula is C17H27ClN2O2. The van der Waals surface area contributed by atoms with Crippen LogP contribution in [0.25, 0.3) is 0 Å². The molecule has 1 aromatic carbocycles. The molecular weight excluding hydrogens is 300 g/mol. The molecule has 2 N–H and O–H groups in total. The predicted octanol–water partition coefficient (Wildman–Crippen LogP) is 2.69. The molecule has 0 aliphatic carbocycles. The van der Waals surface area contributed by atoms with E-state index in [4.69, 9.17) is 4.74 Å². The molecule has 4 nitrogen and oxygen atoms in total. The van der Waals surface area contributed by atoms with E-state index >= 15 is 0 Å². The smallest absolute Gasteiger partial charge is 0.234 e. The van der Waals surface area contributed by atoms with Crippen LogP contribution in [0.1, 0.15) is 38.3 Å². The van der Waals surface area contributed by atoms with E-state index in [2.05, 4.69) is 36.6 Å². The summed E-state index contributed by atoms with van der Waals surface area (Å²) < 4.78 is 5.53. The first-order valence-corrected chi connectivity index (χ1v) is 7.83. The van der Waals surface area contributed by atoms with E-state index in [0.717, 1.165) is 31.6 Å². The summed E-state index contributed by atoms with van der Waals surface area (Å²) in [7, 11) is 0. The molecule has 22 heavy (non-hydrogen) atoms. The molecule has 5 heteroatoms. The molecule has 0 aromatic heterocycles. The Morgan fingerprint density at radius 3 is 2.64 bits per heavy atom. The highest BCUT2D eigenvalue weighted by molar-refractivity contribution is 5.85. The van der Waals surface area contributed by atoms with E-state index in [1.807, 2.05) is 18.2 Å². The van der Waals surface area contributed by atoms with Crippen LogP contribution >= 0.6 is 12.4 Å². The lowest BCUT2D eigenvalue weighted by molar-refractivity contribution is -0.121. The number of benzene rings is 1. The van der Waals surface area contributed by atoms with E-state index < -0.39 is 0 Å². The van der Waals surface area contributed by atoms with Crippen LogP contribution in [0.3, 0.4) is 0 Å². The number of amides is 1. The van der Waals surface area contributed by atoms with Crippen LogP contribution in [-0.4, -0.2) is 31.7 Å². The normalized spacial score (nSPS) is 18.8. The van der Waals surface area contributed by atoms with Crippen molar-refractivity contribution >= 4 is 18.3 Å². The highest BCUT2D eigenvalue weighted by Gasteiger charge is 2.19. The second-order valence-corrected chi connectivity index (χ2v) is 5.97. The maximum absolute atomic E-state index is 12.1.